The predicted molar refractivity (Wildman–Crippen MR) is 220 cm³/mol. The van der Waals surface area contributed by atoms with Crippen molar-refractivity contribution in [2.24, 2.45) is 0 Å². The summed E-state index contributed by atoms with van der Waals surface area (Å²) in [4.78, 5) is 22.7. The molecule has 50 heavy (non-hydrogen) atoms. The highest BCUT2D eigenvalue weighted by molar-refractivity contribution is 5.69. The first kappa shape index (κ1) is 50.5. The van der Waals surface area contributed by atoms with Gasteiger partial charge in [0.25, 0.3) is 0 Å². The number of unbranched alkanes of at least 4 members (excludes halogenated alkanes) is 26. The Balaban J connectivity index is 0. The lowest BCUT2D eigenvalue weighted by molar-refractivity contribution is -0.144. The van der Waals surface area contributed by atoms with Gasteiger partial charge in [0.15, 0.2) is 0 Å². The van der Waals surface area contributed by atoms with Crippen molar-refractivity contribution in [3.8, 4) is 0 Å². The van der Waals surface area contributed by atoms with E-state index in [1.165, 1.54) is 167 Å². The molecule has 4 nitrogen and oxygen atoms in total. The van der Waals surface area contributed by atoms with Crippen LogP contribution in [0, 0.1) is 0 Å². The number of carbonyl (C=O) groups excluding carboxylic acids is 2. The number of carbonyl (C=O) groups is 2. The minimum Gasteiger partial charge on any atom is -0.466 e. The van der Waals surface area contributed by atoms with Gasteiger partial charge in [0.05, 0.1) is 13.2 Å². The Morgan fingerprint density at radius 1 is 0.320 bits per heavy atom. The van der Waals surface area contributed by atoms with Crippen molar-refractivity contribution >= 4 is 11.9 Å². The van der Waals surface area contributed by atoms with Gasteiger partial charge in [-0.25, -0.2) is 0 Å². The van der Waals surface area contributed by atoms with Crippen LogP contribution in [0.1, 0.15) is 246 Å². The van der Waals surface area contributed by atoms with Gasteiger partial charge in [-0.1, -0.05) is 180 Å². The molecular formula is C46H88O4. The maximum atomic E-state index is 11.3. The lowest BCUT2D eigenvalue weighted by atomic mass is 10.1. The van der Waals surface area contributed by atoms with E-state index in [1.807, 2.05) is 0 Å². The summed E-state index contributed by atoms with van der Waals surface area (Å²) in [6.07, 6.45) is 51.3. The molecule has 0 rings (SSSR count). The Morgan fingerprint density at radius 2 is 0.560 bits per heavy atom. The predicted octanol–water partition coefficient (Wildman–Crippen LogP) is 15.5. The Morgan fingerprint density at radius 3 is 0.840 bits per heavy atom. The summed E-state index contributed by atoms with van der Waals surface area (Å²) in [5.74, 6) is -0.0378. The number of hydrogen-bond acceptors (Lipinski definition) is 4. The van der Waals surface area contributed by atoms with Crippen molar-refractivity contribution in [3.63, 3.8) is 0 Å². The fraction of sp³-hybridized carbons (Fsp3) is 0.870. The number of rotatable bonds is 38. The van der Waals surface area contributed by atoms with Gasteiger partial charge in [-0.05, 0) is 77.0 Å². The van der Waals surface area contributed by atoms with Crippen LogP contribution < -0.4 is 0 Å². The summed E-state index contributed by atoms with van der Waals surface area (Å²) >= 11 is 0. The van der Waals surface area contributed by atoms with Gasteiger partial charge in [0.1, 0.15) is 0 Å². The minimum atomic E-state index is -0.0189. The molecule has 0 unspecified atom stereocenters. The number of esters is 2. The van der Waals surface area contributed by atoms with Crippen molar-refractivity contribution in [2.75, 3.05) is 13.2 Å². The first-order valence-corrected chi connectivity index (χ1v) is 22.2. The first-order valence-electron chi connectivity index (χ1n) is 22.2. The molecule has 0 heterocycles. The monoisotopic (exact) mass is 705 g/mol. The quantitative estimate of drug-likeness (QED) is 0.0365. The van der Waals surface area contributed by atoms with Crippen molar-refractivity contribution in [3.05, 3.63) is 24.3 Å². The van der Waals surface area contributed by atoms with Gasteiger partial charge in [-0.15, -0.1) is 0 Å². The fourth-order valence-corrected chi connectivity index (χ4v) is 5.86. The highest BCUT2D eigenvalue weighted by Crippen LogP contribution is 2.12. The summed E-state index contributed by atoms with van der Waals surface area (Å²) in [6, 6.07) is 0. The van der Waals surface area contributed by atoms with E-state index < -0.39 is 0 Å². The minimum absolute atomic E-state index is 0.0189. The highest BCUT2D eigenvalue weighted by Gasteiger charge is 2.02. The smallest absolute Gasteiger partial charge is 0.305 e. The second kappa shape index (κ2) is 47.4. The zero-order valence-corrected chi connectivity index (χ0v) is 34.4. The van der Waals surface area contributed by atoms with Gasteiger partial charge in [0, 0.05) is 12.8 Å². The Bertz CT molecular complexity index is 653. The molecule has 0 spiro atoms. The van der Waals surface area contributed by atoms with Crippen LogP contribution in [-0.2, 0) is 19.1 Å². The third kappa shape index (κ3) is 48.5. The van der Waals surface area contributed by atoms with Gasteiger partial charge in [-0.2, -0.15) is 0 Å². The molecule has 0 fully saturated rings. The SMILES string of the molecule is CCCCCCCC/C=C\CCCCCCCCOC(=O)CCCC.CCCCCCCC/C=C\CCCCCCCCOC(=O)CCCC. The topological polar surface area (TPSA) is 52.6 Å². The van der Waals surface area contributed by atoms with Crippen LogP contribution in [0.5, 0.6) is 0 Å². The van der Waals surface area contributed by atoms with E-state index in [-0.39, 0.29) is 11.9 Å². The van der Waals surface area contributed by atoms with Crippen LogP contribution in [0.4, 0.5) is 0 Å². The van der Waals surface area contributed by atoms with E-state index >= 15 is 0 Å². The molecule has 0 aliphatic heterocycles. The van der Waals surface area contributed by atoms with E-state index in [4.69, 9.17) is 9.47 Å². The Labute approximate surface area is 313 Å². The normalized spacial score (nSPS) is 11.3. The molecule has 0 N–H and O–H groups in total. The van der Waals surface area contributed by atoms with E-state index in [2.05, 4.69) is 52.0 Å². The van der Waals surface area contributed by atoms with Crippen LogP contribution >= 0.6 is 0 Å². The van der Waals surface area contributed by atoms with Gasteiger partial charge in [-0.3, -0.25) is 9.59 Å². The molecule has 0 saturated carbocycles. The molecular weight excluding hydrogens is 617 g/mol. The summed E-state index contributed by atoms with van der Waals surface area (Å²) in [5.41, 5.74) is 0. The van der Waals surface area contributed by atoms with Crippen molar-refractivity contribution in [1.29, 1.82) is 0 Å². The standard InChI is InChI=1S/2C23H44O2/c2*1-3-5-7-8-9-10-11-12-13-14-15-16-17-18-19-20-22-25-23(24)21-6-4-2/h2*12-13H,3-11,14-22H2,1-2H3/b2*13-12-. The van der Waals surface area contributed by atoms with Crippen molar-refractivity contribution in [2.45, 2.75) is 246 Å². The highest BCUT2D eigenvalue weighted by atomic mass is 16.5. The maximum absolute atomic E-state index is 11.3. The average Bonchev–Trinajstić information content (AvgIpc) is 3.12. The van der Waals surface area contributed by atoms with Crippen LogP contribution in [0.15, 0.2) is 24.3 Å². The van der Waals surface area contributed by atoms with Crippen molar-refractivity contribution < 1.29 is 19.1 Å². The number of allylic oxidation sites excluding steroid dienone is 4. The van der Waals surface area contributed by atoms with Crippen LogP contribution in [0.3, 0.4) is 0 Å². The van der Waals surface area contributed by atoms with Crippen LogP contribution in [0.2, 0.25) is 0 Å². The van der Waals surface area contributed by atoms with Crippen molar-refractivity contribution in [1.82, 2.24) is 0 Å². The molecule has 0 atom stereocenters. The first-order chi connectivity index (χ1) is 24.6. The van der Waals surface area contributed by atoms with E-state index in [0.717, 1.165) is 38.5 Å². The van der Waals surface area contributed by atoms with E-state index in [9.17, 15) is 9.59 Å². The average molecular weight is 705 g/mol. The molecule has 296 valence electrons. The molecule has 4 heteroatoms. The lowest BCUT2D eigenvalue weighted by Gasteiger charge is -2.04. The number of hydrogen-bond donors (Lipinski definition) is 0. The maximum Gasteiger partial charge on any atom is 0.305 e. The van der Waals surface area contributed by atoms with E-state index in [0.29, 0.717) is 26.1 Å². The molecule has 0 saturated heterocycles. The molecule has 0 bridgehead atoms. The third-order valence-corrected chi connectivity index (χ3v) is 9.31. The summed E-state index contributed by atoms with van der Waals surface area (Å²) in [7, 11) is 0. The zero-order chi connectivity index (χ0) is 36.9. The fourth-order valence-electron chi connectivity index (χ4n) is 5.86. The van der Waals surface area contributed by atoms with Gasteiger partial charge < -0.3 is 9.47 Å². The summed E-state index contributed by atoms with van der Waals surface area (Å²) in [5, 5.41) is 0. The largest absolute Gasteiger partial charge is 0.466 e. The summed E-state index contributed by atoms with van der Waals surface area (Å²) in [6.45, 7) is 9.97. The Hall–Kier alpha value is -1.58. The second-order valence-corrected chi connectivity index (χ2v) is 14.5. The van der Waals surface area contributed by atoms with Gasteiger partial charge in [0.2, 0.25) is 0 Å². The molecule has 0 amide bonds. The zero-order valence-electron chi connectivity index (χ0n) is 34.4. The molecule has 0 aliphatic rings. The van der Waals surface area contributed by atoms with Crippen LogP contribution in [0.25, 0.3) is 0 Å². The van der Waals surface area contributed by atoms with E-state index in [1.54, 1.807) is 0 Å². The molecule has 0 aromatic carbocycles. The van der Waals surface area contributed by atoms with Gasteiger partial charge >= 0.3 is 11.9 Å². The molecule has 0 radical (unpaired) electrons. The molecule has 0 aromatic heterocycles. The lowest BCUT2D eigenvalue weighted by Crippen LogP contribution is -2.05. The molecule has 0 aliphatic carbocycles. The Kier molecular flexibility index (Phi) is 47.9. The number of ether oxygens (including phenoxy) is 2. The summed E-state index contributed by atoms with van der Waals surface area (Å²) < 4.78 is 10.4. The third-order valence-electron chi connectivity index (χ3n) is 9.31. The second-order valence-electron chi connectivity index (χ2n) is 14.5. The van der Waals surface area contributed by atoms with Crippen LogP contribution in [-0.4, -0.2) is 25.2 Å². The molecule has 0 aromatic rings.